The van der Waals surface area contributed by atoms with Crippen LogP contribution in [-0.4, -0.2) is 46.5 Å². The van der Waals surface area contributed by atoms with E-state index >= 15 is 0 Å². The highest BCUT2D eigenvalue weighted by molar-refractivity contribution is 5.93. The number of aromatic amines is 2. The lowest BCUT2D eigenvalue weighted by Crippen LogP contribution is -2.21. The molecule has 0 saturated heterocycles. The van der Waals surface area contributed by atoms with Crippen molar-refractivity contribution in [3.05, 3.63) is 71.7 Å². The van der Waals surface area contributed by atoms with Crippen LogP contribution in [-0.2, 0) is 6.42 Å². The fraction of sp³-hybridized carbons (Fsp3) is 0.192. The predicted molar refractivity (Wildman–Crippen MR) is 139 cm³/mol. The van der Waals surface area contributed by atoms with Crippen molar-refractivity contribution in [1.82, 2.24) is 25.3 Å². The SMILES string of the molecule is CNC(=O)c1cc(Nc2ccc3[nH]c(C)cc3c2)nc(NCCc2c[nH]c3ccc(OC)cc23)n1. The first-order valence-corrected chi connectivity index (χ1v) is 11.4. The van der Waals surface area contributed by atoms with E-state index in [0.29, 0.717) is 18.3 Å². The molecule has 9 nitrogen and oxygen atoms in total. The Hall–Kier alpha value is -4.53. The van der Waals surface area contributed by atoms with Gasteiger partial charge >= 0.3 is 0 Å². The summed E-state index contributed by atoms with van der Waals surface area (Å²) in [4.78, 5) is 27.9. The highest BCUT2D eigenvalue weighted by Crippen LogP contribution is 2.25. The first-order valence-electron chi connectivity index (χ1n) is 11.4. The summed E-state index contributed by atoms with van der Waals surface area (Å²) >= 11 is 0. The molecule has 0 fully saturated rings. The van der Waals surface area contributed by atoms with Crippen molar-refractivity contribution in [3.63, 3.8) is 0 Å². The Labute approximate surface area is 202 Å². The van der Waals surface area contributed by atoms with Gasteiger partial charge < -0.3 is 30.7 Å². The van der Waals surface area contributed by atoms with Gasteiger partial charge in [-0.15, -0.1) is 0 Å². The molecule has 0 atom stereocenters. The third kappa shape index (κ3) is 4.74. The molecule has 3 aromatic heterocycles. The van der Waals surface area contributed by atoms with Gasteiger partial charge in [-0.2, -0.15) is 4.98 Å². The molecule has 0 unspecified atom stereocenters. The number of anilines is 3. The molecular weight excluding hydrogens is 442 g/mol. The van der Waals surface area contributed by atoms with Gasteiger partial charge in [0.15, 0.2) is 0 Å². The minimum Gasteiger partial charge on any atom is -0.497 e. The minimum absolute atomic E-state index is 0.279. The molecule has 5 rings (SSSR count). The average molecular weight is 470 g/mol. The second-order valence-corrected chi connectivity index (χ2v) is 8.32. The molecule has 2 aromatic carbocycles. The molecule has 0 aliphatic heterocycles. The van der Waals surface area contributed by atoms with E-state index in [1.54, 1.807) is 20.2 Å². The monoisotopic (exact) mass is 469 g/mol. The first kappa shape index (κ1) is 22.3. The topological polar surface area (TPSA) is 120 Å². The summed E-state index contributed by atoms with van der Waals surface area (Å²) in [6, 6.07) is 15.7. The van der Waals surface area contributed by atoms with Crippen molar-refractivity contribution in [2.45, 2.75) is 13.3 Å². The molecule has 0 spiro atoms. The van der Waals surface area contributed by atoms with E-state index in [2.05, 4.69) is 42.0 Å². The number of methoxy groups -OCH3 is 1. The fourth-order valence-electron chi connectivity index (χ4n) is 4.14. The average Bonchev–Trinajstić information content (AvgIpc) is 3.44. The van der Waals surface area contributed by atoms with Crippen LogP contribution in [0.1, 0.15) is 21.7 Å². The summed E-state index contributed by atoms with van der Waals surface area (Å²) in [5.41, 5.74) is 5.53. The molecule has 0 aliphatic carbocycles. The Morgan fingerprint density at radius 3 is 2.74 bits per heavy atom. The number of aromatic nitrogens is 4. The van der Waals surface area contributed by atoms with Crippen molar-refractivity contribution in [3.8, 4) is 5.75 Å². The van der Waals surface area contributed by atoms with Crippen LogP contribution in [0.15, 0.2) is 54.7 Å². The molecule has 0 aliphatic rings. The zero-order valence-electron chi connectivity index (χ0n) is 19.8. The maximum atomic E-state index is 12.3. The summed E-state index contributed by atoms with van der Waals surface area (Å²) in [5, 5.41) is 11.4. The van der Waals surface area contributed by atoms with Crippen molar-refractivity contribution < 1.29 is 9.53 Å². The molecule has 1 amide bonds. The lowest BCUT2D eigenvalue weighted by atomic mass is 10.1. The summed E-state index contributed by atoms with van der Waals surface area (Å²) in [5.74, 6) is 1.45. The number of amides is 1. The van der Waals surface area contributed by atoms with Crippen LogP contribution in [0.25, 0.3) is 21.8 Å². The third-order valence-corrected chi connectivity index (χ3v) is 5.87. The summed E-state index contributed by atoms with van der Waals surface area (Å²) in [6.07, 6.45) is 2.74. The fourth-order valence-corrected chi connectivity index (χ4v) is 4.14. The van der Waals surface area contributed by atoms with Crippen LogP contribution in [0.5, 0.6) is 5.75 Å². The Kier molecular flexibility index (Phi) is 5.97. The smallest absolute Gasteiger partial charge is 0.269 e. The normalized spacial score (nSPS) is 11.1. The van der Waals surface area contributed by atoms with Gasteiger partial charge in [0, 0.05) is 59.0 Å². The van der Waals surface area contributed by atoms with E-state index in [1.165, 1.54) is 0 Å². The quantitative estimate of drug-likeness (QED) is 0.228. The molecule has 5 aromatic rings. The van der Waals surface area contributed by atoms with Crippen LogP contribution in [0.3, 0.4) is 0 Å². The van der Waals surface area contributed by atoms with E-state index in [4.69, 9.17) is 4.74 Å². The number of rotatable bonds is 8. The van der Waals surface area contributed by atoms with Gasteiger partial charge in [0.2, 0.25) is 5.95 Å². The van der Waals surface area contributed by atoms with E-state index in [1.807, 2.05) is 49.5 Å². The number of nitrogens with zero attached hydrogens (tertiary/aromatic N) is 2. The molecule has 178 valence electrons. The largest absolute Gasteiger partial charge is 0.497 e. The number of benzene rings is 2. The Morgan fingerprint density at radius 2 is 1.91 bits per heavy atom. The van der Waals surface area contributed by atoms with Crippen molar-refractivity contribution >= 4 is 45.2 Å². The van der Waals surface area contributed by atoms with Gasteiger partial charge in [-0.1, -0.05) is 0 Å². The number of H-pyrrole nitrogens is 2. The van der Waals surface area contributed by atoms with Gasteiger partial charge in [0.05, 0.1) is 7.11 Å². The second kappa shape index (κ2) is 9.38. The molecule has 3 heterocycles. The van der Waals surface area contributed by atoms with Crippen LogP contribution in [0.4, 0.5) is 17.5 Å². The molecule has 0 bridgehead atoms. The van der Waals surface area contributed by atoms with Crippen LogP contribution in [0, 0.1) is 6.92 Å². The standard InChI is InChI=1S/C26H27N7O2/c1-15-10-17-11-18(4-6-21(17)30-15)31-24-13-23(25(34)27-2)32-26(33-24)28-9-8-16-14-29-22-7-5-19(35-3)12-20(16)22/h4-7,10-14,29-30H,8-9H2,1-3H3,(H,27,34)(H2,28,31,32,33). The first-order chi connectivity index (χ1) is 17.0. The predicted octanol–water partition coefficient (Wildman–Crippen LogP) is 4.51. The van der Waals surface area contributed by atoms with Gasteiger partial charge in [-0.25, -0.2) is 4.98 Å². The van der Waals surface area contributed by atoms with Crippen LogP contribution < -0.4 is 20.7 Å². The molecule has 35 heavy (non-hydrogen) atoms. The second-order valence-electron chi connectivity index (χ2n) is 8.32. The number of fused-ring (bicyclic) bond motifs is 2. The maximum absolute atomic E-state index is 12.3. The number of hydrogen-bond acceptors (Lipinski definition) is 6. The zero-order chi connectivity index (χ0) is 24.4. The minimum atomic E-state index is -0.279. The zero-order valence-corrected chi connectivity index (χ0v) is 19.8. The van der Waals surface area contributed by atoms with E-state index in [0.717, 1.165) is 50.9 Å². The lowest BCUT2D eigenvalue weighted by molar-refractivity contribution is 0.0958. The van der Waals surface area contributed by atoms with E-state index in [9.17, 15) is 4.79 Å². The van der Waals surface area contributed by atoms with Crippen LogP contribution in [0.2, 0.25) is 0 Å². The Morgan fingerprint density at radius 1 is 1.06 bits per heavy atom. The summed E-state index contributed by atoms with van der Waals surface area (Å²) < 4.78 is 5.36. The lowest BCUT2D eigenvalue weighted by Gasteiger charge is -2.11. The summed E-state index contributed by atoms with van der Waals surface area (Å²) in [7, 11) is 3.24. The molecule has 5 N–H and O–H groups in total. The van der Waals surface area contributed by atoms with Gasteiger partial charge in [0.1, 0.15) is 17.3 Å². The Bertz CT molecular complexity index is 1520. The van der Waals surface area contributed by atoms with E-state index in [-0.39, 0.29) is 11.6 Å². The number of hydrogen-bond donors (Lipinski definition) is 5. The highest BCUT2D eigenvalue weighted by atomic mass is 16.5. The van der Waals surface area contributed by atoms with Gasteiger partial charge in [-0.3, -0.25) is 4.79 Å². The Balaban J connectivity index is 1.35. The third-order valence-electron chi connectivity index (χ3n) is 5.87. The van der Waals surface area contributed by atoms with Crippen molar-refractivity contribution in [2.24, 2.45) is 0 Å². The molecule has 9 heteroatoms. The summed E-state index contributed by atoms with van der Waals surface area (Å²) in [6.45, 7) is 2.62. The number of aryl methyl sites for hydroxylation is 1. The number of nitrogens with one attached hydrogen (secondary N) is 5. The number of carbonyl (C=O) groups excluding carboxylic acids is 1. The molecule has 0 saturated carbocycles. The van der Waals surface area contributed by atoms with Crippen molar-refractivity contribution in [1.29, 1.82) is 0 Å². The molecular formula is C26H27N7O2. The highest BCUT2D eigenvalue weighted by Gasteiger charge is 2.12. The van der Waals surface area contributed by atoms with Crippen LogP contribution >= 0.6 is 0 Å². The number of carbonyl (C=O) groups is 1. The van der Waals surface area contributed by atoms with Crippen molar-refractivity contribution in [2.75, 3.05) is 31.3 Å². The van der Waals surface area contributed by atoms with Gasteiger partial charge in [0.25, 0.3) is 5.91 Å². The van der Waals surface area contributed by atoms with E-state index < -0.39 is 0 Å². The maximum Gasteiger partial charge on any atom is 0.269 e. The van der Waals surface area contributed by atoms with Gasteiger partial charge in [-0.05, 0) is 61.4 Å². The molecule has 0 radical (unpaired) electrons. The number of ether oxygens (including phenoxy) is 1.